The monoisotopic (exact) mass is 292 g/mol. The predicted molar refractivity (Wildman–Crippen MR) is 81.2 cm³/mol. The molecule has 0 atom stereocenters. The van der Waals surface area contributed by atoms with Crippen LogP contribution in [0.2, 0.25) is 5.15 Å². The molecule has 0 unspecified atom stereocenters. The van der Waals surface area contributed by atoms with Gasteiger partial charge in [0.2, 0.25) is 0 Å². The van der Waals surface area contributed by atoms with E-state index in [4.69, 9.17) is 11.6 Å². The van der Waals surface area contributed by atoms with Gasteiger partial charge in [0.25, 0.3) is 5.56 Å². The molecule has 5 heteroatoms. The van der Waals surface area contributed by atoms with Crippen molar-refractivity contribution in [2.45, 2.75) is 33.6 Å². The second kappa shape index (κ2) is 5.29. The van der Waals surface area contributed by atoms with Crippen molar-refractivity contribution in [2.24, 2.45) is 0 Å². The Balaban J connectivity index is 2.88. The number of hydrogen-bond acceptors (Lipinski definition) is 2. The molecule has 2 rings (SSSR count). The van der Waals surface area contributed by atoms with Gasteiger partial charge in [0, 0.05) is 0 Å². The molecular weight excluding hydrogens is 276 g/mol. The van der Waals surface area contributed by atoms with Crippen molar-refractivity contribution in [3.05, 3.63) is 60.9 Å². The van der Waals surface area contributed by atoms with E-state index in [1.807, 2.05) is 45.9 Å². The van der Waals surface area contributed by atoms with Gasteiger partial charge < -0.3 is 0 Å². The Morgan fingerprint density at radius 2 is 1.85 bits per heavy atom. The smallest absolute Gasteiger partial charge is 0.297 e. The summed E-state index contributed by atoms with van der Waals surface area (Å²) in [4.78, 5) is 27.2. The average molecular weight is 293 g/mol. The summed E-state index contributed by atoms with van der Waals surface area (Å²) in [5.41, 5.74) is 1.99. The number of nitrogens with zero attached hydrogens (tertiary/aromatic N) is 1. The highest BCUT2D eigenvalue weighted by molar-refractivity contribution is 6.30. The Hall–Kier alpha value is -1.81. The van der Waals surface area contributed by atoms with Gasteiger partial charge in [-0.25, -0.2) is 9.36 Å². The van der Waals surface area contributed by atoms with E-state index in [-0.39, 0.29) is 16.6 Å². The van der Waals surface area contributed by atoms with Crippen LogP contribution in [0.4, 0.5) is 0 Å². The van der Waals surface area contributed by atoms with E-state index in [9.17, 15) is 9.59 Å². The number of aromatic nitrogens is 2. The minimum Gasteiger partial charge on any atom is -0.297 e. The van der Waals surface area contributed by atoms with Crippen LogP contribution in [0.1, 0.15) is 36.5 Å². The number of hydrogen-bond donors (Lipinski definition) is 1. The van der Waals surface area contributed by atoms with Gasteiger partial charge >= 0.3 is 5.69 Å². The first-order chi connectivity index (χ1) is 9.32. The van der Waals surface area contributed by atoms with Gasteiger partial charge in [-0.15, -0.1) is 0 Å². The lowest BCUT2D eigenvalue weighted by Crippen LogP contribution is -2.37. The minimum absolute atomic E-state index is 0.0665. The molecule has 0 aliphatic heterocycles. The number of H-pyrrole nitrogens is 1. The fraction of sp³-hybridized carbons (Fsp3) is 0.333. The van der Waals surface area contributed by atoms with Crippen molar-refractivity contribution in [2.75, 3.05) is 0 Å². The zero-order valence-corrected chi connectivity index (χ0v) is 12.7. The molecule has 0 amide bonds. The summed E-state index contributed by atoms with van der Waals surface area (Å²) in [6, 6.07) is 5.65. The first kappa shape index (κ1) is 14.6. The maximum atomic E-state index is 12.6. The molecule has 20 heavy (non-hydrogen) atoms. The molecule has 106 valence electrons. The van der Waals surface area contributed by atoms with E-state index in [0.29, 0.717) is 11.3 Å². The molecule has 0 saturated carbocycles. The van der Waals surface area contributed by atoms with Gasteiger partial charge in [0.15, 0.2) is 0 Å². The molecule has 0 radical (unpaired) electrons. The first-order valence-electron chi connectivity index (χ1n) is 6.45. The van der Waals surface area contributed by atoms with Crippen LogP contribution in [-0.4, -0.2) is 9.55 Å². The maximum absolute atomic E-state index is 12.6. The van der Waals surface area contributed by atoms with Gasteiger partial charge in [0.1, 0.15) is 5.15 Å². The molecular formula is C15H17ClN2O2. The van der Waals surface area contributed by atoms with Crippen LogP contribution < -0.4 is 11.2 Å². The lowest BCUT2D eigenvalue weighted by atomic mass is 10.1. The standard InChI is InChI=1S/C15H17ClN2O2/c1-8(2)12-13(16)17-15(20)18(14(12)19)11-7-9(3)5-6-10(11)4/h5-8H,1-4H3,(H,17,20). The van der Waals surface area contributed by atoms with Gasteiger partial charge in [-0.05, 0) is 37.0 Å². The molecule has 0 aliphatic rings. The summed E-state index contributed by atoms with van der Waals surface area (Å²) in [7, 11) is 0. The van der Waals surface area contributed by atoms with E-state index in [1.165, 1.54) is 0 Å². The highest BCUT2D eigenvalue weighted by atomic mass is 35.5. The van der Waals surface area contributed by atoms with E-state index in [1.54, 1.807) is 0 Å². The number of halogens is 1. The van der Waals surface area contributed by atoms with Gasteiger partial charge in [-0.3, -0.25) is 9.78 Å². The molecule has 1 heterocycles. The molecule has 0 fully saturated rings. The van der Waals surface area contributed by atoms with Crippen LogP contribution in [-0.2, 0) is 0 Å². The Morgan fingerprint density at radius 3 is 2.45 bits per heavy atom. The molecule has 1 N–H and O–H groups in total. The minimum atomic E-state index is -0.516. The third-order valence-corrected chi connectivity index (χ3v) is 3.57. The van der Waals surface area contributed by atoms with E-state index >= 15 is 0 Å². The molecule has 1 aromatic heterocycles. The summed E-state index contributed by atoms with van der Waals surface area (Å²) in [5, 5.41) is 0.122. The second-order valence-electron chi connectivity index (χ2n) is 5.24. The summed E-state index contributed by atoms with van der Waals surface area (Å²) in [6.45, 7) is 7.52. The molecule has 0 aliphatic carbocycles. The van der Waals surface area contributed by atoms with Crippen LogP contribution in [0.15, 0.2) is 27.8 Å². The Morgan fingerprint density at radius 1 is 1.20 bits per heavy atom. The third-order valence-electron chi connectivity index (χ3n) is 3.27. The fourth-order valence-corrected chi connectivity index (χ4v) is 2.58. The largest absolute Gasteiger partial charge is 0.334 e. The molecule has 1 aromatic carbocycles. The van der Waals surface area contributed by atoms with Gasteiger partial charge in [0.05, 0.1) is 11.3 Å². The Bertz CT molecular complexity index is 772. The SMILES string of the molecule is Cc1ccc(C)c(-n2c(=O)[nH]c(Cl)c(C(C)C)c2=O)c1. The zero-order valence-electron chi connectivity index (χ0n) is 12.0. The van der Waals surface area contributed by atoms with Gasteiger partial charge in [-0.2, -0.15) is 0 Å². The van der Waals surface area contributed by atoms with Gasteiger partial charge in [-0.1, -0.05) is 37.6 Å². The van der Waals surface area contributed by atoms with Crippen LogP contribution in [0.3, 0.4) is 0 Å². The summed E-state index contributed by atoms with van der Waals surface area (Å²) in [5.74, 6) is -0.0665. The lowest BCUT2D eigenvalue weighted by molar-refractivity contribution is 0.775. The number of nitrogens with one attached hydrogen (secondary N) is 1. The van der Waals surface area contributed by atoms with Crippen molar-refractivity contribution in [1.82, 2.24) is 9.55 Å². The van der Waals surface area contributed by atoms with Crippen molar-refractivity contribution in [1.29, 1.82) is 0 Å². The second-order valence-corrected chi connectivity index (χ2v) is 5.62. The quantitative estimate of drug-likeness (QED) is 0.865. The lowest BCUT2D eigenvalue weighted by Gasteiger charge is -2.13. The zero-order chi connectivity index (χ0) is 15.0. The van der Waals surface area contributed by atoms with Crippen LogP contribution in [0.5, 0.6) is 0 Å². The third kappa shape index (κ3) is 2.43. The van der Waals surface area contributed by atoms with E-state index in [2.05, 4.69) is 4.98 Å². The first-order valence-corrected chi connectivity index (χ1v) is 6.83. The van der Waals surface area contributed by atoms with Crippen molar-refractivity contribution in [3.8, 4) is 5.69 Å². The Kier molecular flexibility index (Phi) is 3.86. The summed E-state index contributed by atoms with van der Waals surface area (Å²) < 4.78 is 1.16. The van der Waals surface area contributed by atoms with Crippen molar-refractivity contribution < 1.29 is 0 Å². The maximum Gasteiger partial charge on any atom is 0.334 e. The summed E-state index contributed by atoms with van der Waals surface area (Å²) in [6.07, 6.45) is 0. The molecule has 0 bridgehead atoms. The number of aromatic amines is 1. The van der Waals surface area contributed by atoms with Crippen LogP contribution >= 0.6 is 11.6 Å². The molecule has 0 spiro atoms. The number of aryl methyl sites for hydroxylation is 2. The molecule has 4 nitrogen and oxygen atoms in total. The normalized spacial score (nSPS) is 11.1. The topological polar surface area (TPSA) is 54.9 Å². The Labute approximate surface area is 122 Å². The van der Waals surface area contributed by atoms with Crippen LogP contribution in [0, 0.1) is 13.8 Å². The summed E-state index contributed by atoms with van der Waals surface area (Å²) >= 11 is 5.99. The number of benzene rings is 1. The predicted octanol–water partition coefficient (Wildman–Crippen LogP) is 2.92. The average Bonchev–Trinajstić information content (AvgIpc) is 2.32. The van der Waals surface area contributed by atoms with Crippen LogP contribution in [0.25, 0.3) is 5.69 Å². The van der Waals surface area contributed by atoms with E-state index in [0.717, 1.165) is 15.7 Å². The molecule has 2 aromatic rings. The van der Waals surface area contributed by atoms with Crippen molar-refractivity contribution >= 4 is 11.6 Å². The highest BCUT2D eigenvalue weighted by Gasteiger charge is 2.17. The molecule has 0 saturated heterocycles. The van der Waals surface area contributed by atoms with Crippen molar-refractivity contribution in [3.63, 3.8) is 0 Å². The fourth-order valence-electron chi connectivity index (χ4n) is 2.20. The highest BCUT2D eigenvalue weighted by Crippen LogP contribution is 2.18. The van der Waals surface area contributed by atoms with E-state index < -0.39 is 5.69 Å². The number of rotatable bonds is 2.